The number of hydrogen-bond acceptors (Lipinski definition) is 2. The van der Waals surface area contributed by atoms with Crippen molar-refractivity contribution >= 4 is 34.8 Å². The van der Waals surface area contributed by atoms with Gasteiger partial charge in [0.15, 0.2) is 0 Å². The minimum atomic E-state index is 0.525. The first-order chi connectivity index (χ1) is 9.56. The molecule has 106 valence electrons. The van der Waals surface area contributed by atoms with Gasteiger partial charge in [0.1, 0.15) is 5.75 Å². The summed E-state index contributed by atoms with van der Waals surface area (Å²) in [6.45, 7) is 0.689. The zero-order valence-corrected chi connectivity index (χ0v) is 13.4. The number of ether oxygens (including phenoxy) is 1. The maximum atomic E-state index is 6.30. The largest absolute Gasteiger partial charge is 0.495 e. The van der Waals surface area contributed by atoms with E-state index in [0.29, 0.717) is 22.3 Å². The Kier molecular flexibility index (Phi) is 5.17. The monoisotopic (exact) mass is 329 g/mol. The molecule has 2 aromatic rings. The van der Waals surface area contributed by atoms with E-state index >= 15 is 0 Å². The Morgan fingerprint density at radius 1 is 1.00 bits per heavy atom. The van der Waals surface area contributed by atoms with E-state index in [0.717, 1.165) is 21.7 Å². The van der Waals surface area contributed by atoms with Crippen molar-refractivity contribution < 1.29 is 4.74 Å². The number of hydrogen-bond donors (Lipinski definition) is 1. The number of rotatable bonds is 4. The summed E-state index contributed by atoms with van der Waals surface area (Å²) in [5.74, 6) is 0.560. The van der Waals surface area contributed by atoms with E-state index in [9.17, 15) is 0 Å². The fourth-order valence-corrected chi connectivity index (χ4v) is 2.66. The molecule has 2 nitrogen and oxygen atoms in total. The van der Waals surface area contributed by atoms with Crippen molar-refractivity contribution in [2.24, 2.45) is 0 Å². The maximum Gasteiger partial charge on any atom is 0.138 e. The lowest BCUT2D eigenvalue weighted by atomic mass is 10.0. The second-order valence-corrected chi connectivity index (χ2v) is 5.52. The highest BCUT2D eigenvalue weighted by molar-refractivity contribution is 6.36. The third-order valence-corrected chi connectivity index (χ3v) is 3.94. The van der Waals surface area contributed by atoms with E-state index in [1.165, 1.54) is 0 Å². The van der Waals surface area contributed by atoms with E-state index in [1.54, 1.807) is 19.2 Å². The summed E-state index contributed by atoms with van der Waals surface area (Å²) in [5.41, 5.74) is 2.83. The molecule has 0 bridgehead atoms. The Hall–Kier alpha value is -0.930. The normalized spacial score (nSPS) is 10.7. The molecule has 0 saturated heterocycles. The van der Waals surface area contributed by atoms with E-state index in [1.807, 2.05) is 25.2 Å². The van der Waals surface area contributed by atoms with Gasteiger partial charge in [0, 0.05) is 23.2 Å². The van der Waals surface area contributed by atoms with Crippen molar-refractivity contribution in [1.29, 1.82) is 0 Å². The second kappa shape index (κ2) is 6.68. The number of methoxy groups -OCH3 is 1. The average Bonchev–Trinajstić information content (AvgIpc) is 2.43. The first-order valence-electron chi connectivity index (χ1n) is 6.03. The highest BCUT2D eigenvalue weighted by atomic mass is 35.5. The third-order valence-electron chi connectivity index (χ3n) is 2.97. The summed E-state index contributed by atoms with van der Waals surface area (Å²) < 4.78 is 5.15. The van der Waals surface area contributed by atoms with Crippen molar-refractivity contribution in [2.75, 3.05) is 14.2 Å². The maximum absolute atomic E-state index is 6.30. The fraction of sp³-hybridized carbons (Fsp3) is 0.200. The molecule has 0 saturated carbocycles. The Bertz CT molecular complexity index is 629. The molecular weight excluding hydrogens is 317 g/mol. The number of benzene rings is 2. The van der Waals surface area contributed by atoms with Gasteiger partial charge in [0.2, 0.25) is 0 Å². The van der Waals surface area contributed by atoms with Crippen LogP contribution in [0.4, 0.5) is 0 Å². The molecule has 0 radical (unpaired) electrons. The second-order valence-electron chi connectivity index (χ2n) is 4.30. The fourth-order valence-electron chi connectivity index (χ4n) is 1.97. The van der Waals surface area contributed by atoms with Crippen LogP contribution in [0.25, 0.3) is 11.1 Å². The predicted molar refractivity (Wildman–Crippen MR) is 86.2 cm³/mol. The highest BCUT2D eigenvalue weighted by Crippen LogP contribution is 2.37. The van der Waals surface area contributed by atoms with Crippen LogP contribution in [0.2, 0.25) is 15.1 Å². The quantitative estimate of drug-likeness (QED) is 0.847. The first-order valence-corrected chi connectivity index (χ1v) is 7.16. The zero-order valence-electron chi connectivity index (χ0n) is 11.1. The Morgan fingerprint density at radius 3 is 2.40 bits per heavy atom. The van der Waals surface area contributed by atoms with Crippen LogP contribution in [0.5, 0.6) is 5.75 Å². The molecule has 0 unspecified atom stereocenters. The van der Waals surface area contributed by atoms with Crippen LogP contribution in [-0.2, 0) is 6.54 Å². The lowest BCUT2D eigenvalue weighted by molar-refractivity contribution is 0.415. The van der Waals surface area contributed by atoms with Crippen LogP contribution in [0, 0.1) is 0 Å². The van der Waals surface area contributed by atoms with Crippen LogP contribution < -0.4 is 10.1 Å². The van der Waals surface area contributed by atoms with Crippen LogP contribution in [0.1, 0.15) is 5.56 Å². The molecule has 0 aliphatic rings. The lowest BCUT2D eigenvalue weighted by Gasteiger charge is -2.11. The molecule has 0 atom stereocenters. The van der Waals surface area contributed by atoms with E-state index in [2.05, 4.69) is 5.32 Å². The minimum Gasteiger partial charge on any atom is -0.495 e. The van der Waals surface area contributed by atoms with Gasteiger partial charge in [-0.1, -0.05) is 40.9 Å². The molecule has 0 aliphatic heterocycles. The predicted octanol–water partition coefficient (Wildman–Crippen LogP) is 5.04. The molecule has 20 heavy (non-hydrogen) atoms. The molecule has 1 N–H and O–H groups in total. The van der Waals surface area contributed by atoms with E-state index < -0.39 is 0 Å². The molecule has 0 aliphatic carbocycles. The van der Waals surface area contributed by atoms with Gasteiger partial charge in [-0.2, -0.15) is 0 Å². The van der Waals surface area contributed by atoms with E-state index in [-0.39, 0.29) is 0 Å². The Morgan fingerprint density at radius 2 is 1.75 bits per heavy atom. The first kappa shape index (κ1) is 15.5. The van der Waals surface area contributed by atoms with Gasteiger partial charge in [-0.05, 0) is 36.4 Å². The Labute approximate surface area is 133 Å². The summed E-state index contributed by atoms with van der Waals surface area (Å²) in [4.78, 5) is 0. The third kappa shape index (κ3) is 3.21. The van der Waals surface area contributed by atoms with Gasteiger partial charge in [-0.25, -0.2) is 0 Å². The summed E-state index contributed by atoms with van der Waals surface area (Å²) in [6.07, 6.45) is 0. The molecule has 0 aromatic heterocycles. The van der Waals surface area contributed by atoms with Gasteiger partial charge in [0.25, 0.3) is 0 Å². The molecular formula is C15H14Cl3NO. The molecule has 0 amide bonds. The van der Waals surface area contributed by atoms with Crippen molar-refractivity contribution in [3.8, 4) is 16.9 Å². The van der Waals surface area contributed by atoms with Crippen LogP contribution >= 0.6 is 34.8 Å². The average molecular weight is 331 g/mol. The summed E-state index contributed by atoms with van der Waals surface area (Å²) in [6, 6.07) is 9.30. The smallest absolute Gasteiger partial charge is 0.138 e. The van der Waals surface area contributed by atoms with Crippen molar-refractivity contribution in [1.82, 2.24) is 5.32 Å². The molecule has 5 heteroatoms. The van der Waals surface area contributed by atoms with Gasteiger partial charge in [-0.3, -0.25) is 0 Å². The van der Waals surface area contributed by atoms with Gasteiger partial charge >= 0.3 is 0 Å². The van der Waals surface area contributed by atoms with Crippen LogP contribution in [0.15, 0.2) is 30.3 Å². The van der Waals surface area contributed by atoms with Crippen molar-refractivity contribution in [3.63, 3.8) is 0 Å². The number of halogens is 3. The standard InChI is InChI=1S/C15H14Cl3NO/c1-19-8-10-5-9(3-4-12(10)16)11-6-14(18)15(20-2)7-13(11)17/h3-7,19H,8H2,1-2H3. The highest BCUT2D eigenvalue weighted by Gasteiger charge is 2.11. The molecule has 2 aromatic carbocycles. The van der Waals surface area contributed by atoms with Crippen molar-refractivity contribution in [3.05, 3.63) is 51.0 Å². The molecule has 0 heterocycles. The number of nitrogens with one attached hydrogen (secondary N) is 1. The Balaban J connectivity index is 2.51. The zero-order chi connectivity index (χ0) is 14.7. The minimum absolute atomic E-state index is 0.525. The van der Waals surface area contributed by atoms with Crippen LogP contribution in [0.3, 0.4) is 0 Å². The summed E-state index contributed by atoms with van der Waals surface area (Å²) in [7, 11) is 3.44. The van der Waals surface area contributed by atoms with Gasteiger partial charge < -0.3 is 10.1 Å². The lowest BCUT2D eigenvalue weighted by Crippen LogP contribution is -2.05. The molecule has 0 spiro atoms. The molecule has 0 fully saturated rings. The van der Waals surface area contributed by atoms with Gasteiger partial charge in [0.05, 0.1) is 17.2 Å². The van der Waals surface area contributed by atoms with Crippen LogP contribution in [-0.4, -0.2) is 14.2 Å². The SMILES string of the molecule is CNCc1cc(-c2cc(Cl)c(OC)cc2Cl)ccc1Cl. The van der Waals surface area contributed by atoms with Crippen molar-refractivity contribution in [2.45, 2.75) is 6.54 Å². The van der Waals surface area contributed by atoms with Gasteiger partial charge in [-0.15, -0.1) is 0 Å². The van der Waals surface area contributed by atoms with E-state index in [4.69, 9.17) is 39.5 Å². The molecule has 2 rings (SSSR count). The topological polar surface area (TPSA) is 21.3 Å². The summed E-state index contributed by atoms with van der Waals surface area (Å²) >= 11 is 18.6. The summed E-state index contributed by atoms with van der Waals surface area (Å²) in [5, 5.41) is 4.92.